The van der Waals surface area contributed by atoms with Gasteiger partial charge in [0, 0.05) is 25.5 Å². The Hall–Kier alpha value is -2.82. The largest absolute Gasteiger partial charge is 0.417 e. The van der Waals surface area contributed by atoms with Gasteiger partial charge in [-0.05, 0) is 36.6 Å². The lowest BCUT2D eigenvalue weighted by molar-refractivity contribution is 0.0920. The number of carbonyl (C=O) groups excluding carboxylic acids is 1. The van der Waals surface area contributed by atoms with Crippen LogP contribution in [0.4, 0.5) is 0 Å². The monoisotopic (exact) mass is 296 g/mol. The predicted octanol–water partition coefficient (Wildman–Crippen LogP) is 2.33. The minimum atomic E-state index is -0.489. The molecule has 3 aromatic rings. The van der Waals surface area contributed by atoms with Gasteiger partial charge in [0.25, 0.3) is 5.91 Å². The number of fused-ring (bicyclic) bond motifs is 1. The van der Waals surface area contributed by atoms with E-state index in [0.29, 0.717) is 23.9 Å². The molecule has 0 saturated carbocycles. The van der Waals surface area contributed by atoms with Crippen LogP contribution in [0.1, 0.15) is 16.1 Å². The molecule has 0 aliphatic heterocycles. The average molecular weight is 296 g/mol. The van der Waals surface area contributed by atoms with Crippen LogP contribution in [0, 0.1) is 6.92 Å². The average Bonchev–Trinajstić information content (AvgIpc) is 3.01. The van der Waals surface area contributed by atoms with Crippen molar-refractivity contribution in [3.8, 4) is 0 Å². The van der Waals surface area contributed by atoms with Gasteiger partial charge in [-0.15, -0.1) is 0 Å². The zero-order chi connectivity index (χ0) is 15.5. The fraction of sp³-hybridized carbons (Fsp3) is 0.176. The van der Waals surface area contributed by atoms with Crippen LogP contribution < -0.4 is 10.9 Å². The molecule has 0 spiro atoms. The van der Waals surface area contributed by atoms with Crippen LogP contribution in [-0.4, -0.2) is 17.0 Å². The Balaban J connectivity index is 1.76. The second-order valence-corrected chi connectivity index (χ2v) is 5.17. The summed E-state index contributed by atoms with van der Waals surface area (Å²) in [4.78, 5) is 24.0. The number of aryl methyl sites for hydroxylation is 1. The highest BCUT2D eigenvalue weighted by molar-refractivity contribution is 5.95. The molecule has 1 amide bonds. The molecule has 0 aliphatic rings. The predicted molar refractivity (Wildman–Crippen MR) is 84.0 cm³/mol. The molecule has 5 nitrogen and oxygen atoms in total. The number of hydrogen-bond acceptors (Lipinski definition) is 3. The summed E-state index contributed by atoms with van der Waals surface area (Å²) in [6.07, 6.45) is 3.84. The fourth-order valence-electron chi connectivity index (χ4n) is 2.32. The van der Waals surface area contributed by atoms with Crippen LogP contribution in [0.15, 0.2) is 58.0 Å². The molecule has 0 fully saturated rings. The van der Waals surface area contributed by atoms with Gasteiger partial charge < -0.3 is 14.3 Å². The third-order valence-corrected chi connectivity index (χ3v) is 3.46. The zero-order valence-corrected chi connectivity index (χ0v) is 12.2. The van der Waals surface area contributed by atoms with E-state index in [1.54, 1.807) is 12.1 Å². The zero-order valence-electron chi connectivity index (χ0n) is 12.2. The van der Waals surface area contributed by atoms with Crippen molar-refractivity contribution in [2.24, 2.45) is 0 Å². The first-order valence-electron chi connectivity index (χ1n) is 7.07. The van der Waals surface area contributed by atoms with Gasteiger partial charge >= 0.3 is 5.63 Å². The van der Waals surface area contributed by atoms with Crippen LogP contribution in [0.2, 0.25) is 0 Å². The SMILES string of the molecule is Cc1ccc2cc(C(=O)NCCn3cccc3)oc(=O)c2c1. The Kier molecular flexibility index (Phi) is 3.78. The van der Waals surface area contributed by atoms with Gasteiger partial charge in [0.2, 0.25) is 0 Å². The van der Waals surface area contributed by atoms with E-state index < -0.39 is 5.63 Å². The lowest BCUT2D eigenvalue weighted by Gasteiger charge is -2.06. The van der Waals surface area contributed by atoms with E-state index in [4.69, 9.17) is 4.42 Å². The lowest BCUT2D eigenvalue weighted by atomic mass is 10.1. The van der Waals surface area contributed by atoms with Gasteiger partial charge in [0.15, 0.2) is 5.76 Å². The smallest absolute Gasteiger partial charge is 0.344 e. The van der Waals surface area contributed by atoms with Crippen LogP contribution in [0.25, 0.3) is 10.8 Å². The van der Waals surface area contributed by atoms with Gasteiger partial charge in [0.05, 0.1) is 5.39 Å². The highest BCUT2D eigenvalue weighted by atomic mass is 16.4. The first kappa shape index (κ1) is 14.1. The van der Waals surface area contributed by atoms with E-state index in [1.165, 1.54) is 0 Å². The maximum absolute atomic E-state index is 12.1. The van der Waals surface area contributed by atoms with Gasteiger partial charge in [-0.25, -0.2) is 4.79 Å². The number of carbonyl (C=O) groups is 1. The molecule has 0 atom stereocenters. The highest BCUT2D eigenvalue weighted by Gasteiger charge is 2.11. The summed E-state index contributed by atoms with van der Waals surface area (Å²) in [5.74, 6) is -0.347. The van der Waals surface area contributed by atoms with Crippen molar-refractivity contribution in [2.75, 3.05) is 6.54 Å². The Labute approximate surface area is 127 Å². The summed E-state index contributed by atoms with van der Waals surface area (Å²) in [5, 5.41) is 3.94. The van der Waals surface area contributed by atoms with Crippen LogP contribution in [-0.2, 0) is 6.54 Å². The van der Waals surface area contributed by atoms with Gasteiger partial charge in [-0.1, -0.05) is 17.7 Å². The quantitative estimate of drug-likeness (QED) is 0.803. The summed E-state index contributed by atoms with van der Waals surface area (Å²) < 4.78 is 7.08. The number of benzene rings is 1. The van der Waals surface area contributed by atoms with E-state index >= 15 is 0 Å². The summed E-state index contributed by atoms with van der Waals surface area (Å²) in [6.45, 7) is 3.03. The second kappa shape index (κ2) is 5.89. The molecule has 0 radical (unpaired) electrons. The Morgan fingerprint density at radius 1 is 1.23 bits per heavy atom. The van der Waals surface area contributed by atoms with Gasteiger partial charge in [-0.3, -0.25) is 4.79 Å². The number of nitrogens with zero attached hydrogens (tertiary/aromatic N) is 1. The molecule has 3 rings (SSSR count). The maximum Gasteiger partial charge on any atom is 0.344 e. The molecule has 22 heavy (non-hydrogen) atoms. The minimum absolute atomic E-state index is 0.0360. The van der Waals surface area contributed by atoms with Crippen molar-refractivity contribution in [2.45, 2.75) is 13.5 Å². The van der Waals surface area contributed by atoms with Crippen molar-refractivity contribution < 1.29 is 9.21 Å². The van der Waals surface area contributed by atoms with Crippen molar-refractivity contribution >= 4 is 16.7 Å². The van der Waals surface area contributed by atoms with E-state index in [-0.39, 0.29) is 11.7 Å². The number of amides is 1. The fourth-order valence-corrected chi connectivity index (χ4v) is 2.32. The van der Waals surface area contributed by atoms with Crippen molar-refractivity contribution in [1.82, 2.24) is 9.88 Å². The molecule has 5 heteroatoms. The summed E-state index contributed by atoms with van der Waals surface area (Å²) in [5.41, 5.74) is 0.487. The van der Waals surface area contributed by atoms with Gasteiger partial charge in [0.1, 0.15) is 0 Å². The van der Waals surface area contributed by atoms with Crippen molar-refractivity contribution in [3.63, 3.8) is 0 Å². The van der Waals surface area contributed by atoms with Crippen molar-refractivity contribution in [3.05, 3.63) is 70.5 Å². The molecule has 0 bridgehead atoms. The topological polar surface area (TPSA) is 64.2 Å². The minimum Gasteiger partial charge on any atom is -0.417 e. The highest BCUT2D eigenvalue weighted by Crippen LogP contribution is 2.14. The molecule has 0 aliphatic carbocycles. The lowest BCUT2D eigenvalue weighted by Crippen LogP contribution is -2.27. The first-order chi connectivity index (χ1) is 10.6. The van der Waals surface area contributed by atoms with Crippen LogP contribution >= 0.6 is 0 Å². The number of hydrogen-bond donors (Lipinski definition) is 1. The Bertz CT molecular complexity index is 863. The molecular formula is C17H16N2O3. The standard InChI is InChI=1S/C17H16N2O3/c1-12-4-5-13-11-15(22-17(21)14(13)10-12)16(20)18-6-9-19-7-2-3-8-19/h2-5,7-8,10-11H,6,9H2,1H3,(H,18,20). The van der Waals surface area contributed by atoms with Crippen LogP contribution in [0.3, 0.4) is 0 Å². The molecule has 112 valence electrons. The summed E-state index contributed by atoms with van der Waals surface area (Å²) in [6, 6.07) is 10.9. The van der Waals surface area contributed by atoms with E-state index in [2.05, 4.69) is 5.32 Å². The maximum atomic E-state index is 12.1. The molecule has 1 N–H and O–H groups in total. The van der Waals surface area contributed by atoms with E-state index in [9.17, 15) is 9.59 Å². The second-order valence-electron chi connectivity index (χ2n) is 5.17. The molecule has 1 aromatic carbocycles. The first-order valence-corrected chi connectivity index (χ1v) is 7.07. The number of rotatable bonds is 4. The third-order valence-electron chi connectivity index (χ3n) is 3.46. The third kappa shape index (κ3) is 2.93. The van der Waals surface area contributed by atoms with Gasteiger partial charge in [-0.2, -0.15) is 0 Å². The normalized spacial score (nSPS) is 10.8. The molecule has 2 heterocycles. The number of aromatic nitrogens is 1. The molecule has 0 saturated heterocycles. The molecular weight excluding hydrogens is 280 g/mol. The summed E-state index contributed by atoms with van der Waals surface area (Å²) in [7, 11) is 0. The van der Waals surface area contributed by atoms with Crippen molar-refractivity contribution in [1.29, 1.82) is 0 Å². The summed E-state index contributed by atoms with van der Waals surface area (Å²) >= 11 is 0. The molecule has 0 unspecified atom stereocenters. The Morgan fingerprint density at radius 3 is 2.77 bits per heavy atom. The van der Waals surface area contributed by atoms with E-state index in [1.807, 2.05) is 48.1 Å². The Morgan fingerprint density at radius 2 is 2.00 bits per heavy atom. The number of nitrogens with one attached hydrogen (secondary N) is 1. The van der Waals surface area contributed by atoms with Crippen LogP contribution in [0.5, 0.6) is 0 Å². The molecule has 2 aromatic heterocycles. The van der Waals surface area contributed by atoms with E-state index in [0.717, 1.165) is 5.56 Å².